The SMILES string of the molecule is C=CCCC(=O)N[C@@H]1CCCC[C@H]1N. The largest absolute Gasteiger partial charge is 0.352 e. The van der Waals surface area contributed by atoms with E-state index in [4.69, 9.17) is 5.73 Å². The third-order valence-corrected chi connectivity index (χ3v) is 2.74. The van der Waals surface area contributed by atoms with Gasteiger partial charge in [-0.3, -0.25) is 4.79 Å². The van der Waals surface area contributed by atoms with Crippen LogP contribution in [0.4, 0.5) is 0 Å². The molecule has 0 aromatic carbocycles. The van der Waals surface area contributed by atoms with Gasteiger partial charge in [0.05, 0.1) is 0 Å². The lowest BCUT2D eigenvalue weighted by atomic mass is 9.91. The predicted octanol–water partition coefficient (Wildman–Crippen LogP) is 1.34. The summed E-state index contributed by atoms with van der Waals surface area (Å²) in [6, 6.07) is 0.345. The molecule has 0 aliphatic heterocycles. The normalized spacial score (nSPS) is 26.9. The molecule has 1 aliphatic carbocycles. The van der Waals surface area contributed by atoms with Crippen LogP contribution in [0.2, 0.25) is 0 Å². The van der Waals surface area contributed by atoms with Crippen molar-refractivity contribution >= 4 is 5.91 Å². The van der Waals surface area contributed by atoms with Crippen LogP contribution in [0.1, 0.15) is 38.5 Å². The highest BCUT2D eigenvalue weighted by Gasteiger charge is 2.22. The second kappa shape index (κ2) is 5.81. The molecule has 1 amide bonds. The molecule has 2 atom stereocenters. The zero-order valence-corrected chi connectivity index (χ0v) is 8.67. The topological polar surface area (TPSA) is 55.1 Å². The zero-order chi connectivity index (χ0) is 10.4. The lowest BCUT2D eigenvalue weighted by Crippen LogP contribution is -2.49. The van der Waals surface area contributed by atoms with Crippen LogP contribution in [0.3, 0.4) is 0 Å². The second-order valence-electron chi connectivity index (χ2n) is 3.95. The Bertz CT molecular complexity index is 203. The Kier molecular flexibility index (Phi) is 4.66. The molecular formula is C11H20N2O. The molecule has 0 heterocycles. The summed E-state index contributed by atoms with van der Waals surface area (Å²) in [5.41, 5.74) is 5.92. The highest BCUT2D eigenvalue weighted by Crippen LogP contribution is 2.16. The summed E-state index contributed by atoms with van der Waals surface area (Å²) in [5, 5.41) is 2.99. The fourth-order valence-electron chi connectivity index (χ4n) is 1.85. The Balaban J connectivity index is 2.27. The number of hydrogen-bond donors (Lipinski definition) is 2. The van der Waals surface area contributed by atoms with E-state index < -0.39 is 0 Å². The van der Waals surface area contributed by atoms with Gasteiger partial charge in [0, 0.05) is 18.5 Å². The molecule has 1 saturated carbocycles. The lowest BCUT2D eigenvalue weighted by Gasteiger charge is -2.29. The number of rotatable bonds is 4. The van der Waals surface area contributed by atoms with Crippen molar-refractivity contribution in [1.82, 2.24) is 5.32 Å². The van der Waals surface area contributed by atoms with Crippen molar-refractivity contribution in [1.29, 1.82) is 0 Å². The van der Waals surface area contributed by atoms with Crippen molar-refractivity contribution < 1.29 is 4.79 Å². The predicted molar refractivity (Wildman–Crippen MR) is 57.8 cm³/mol. The maximum Gasteiger partial charge on any atom is 0.220 e. The quantitative estimate of drug-likeness (QED) is 0.667. The van der Waals surface area contributed by atoms with E-state index in [1.807, 2.05) is 0 Å². The van der Waals surface area contributed by atoms with Crippen LogP contribution in [0.15, 0.2) is 12.7 Å². The number of carbonyl (C=O) groups excluding carboxylic acids is 1. The van der Waals surface area contributed by atoms with Gasteiger partial charge in [0.25, 0.3) is 0 Å². The molecule has 0 spiro atoms. The first-order valence-corrected chi connectivity index (χ1v) is 5.40. The van der Waals surface area contributed by atoms with Crippen molar-refractivity contribution in [3.63, 3.8) is 0 Å². The molecule has 1 rings (SSSR count). The zero-order valence-electron chi connectivity index (χ0n) is 8.67. The van der Waals surface area contributed by atoms with Crippen molar-refractivity contribution in [2.24, 2.45) is 5.73 Å². The average Bonchev–Trinajstić information content (AvgIpc) is 2.18. The van der Waals surface area contributed by atoms with Gasteiger partial charge in [0.15, 0.2) is 0 Å². The number of amides is 1. The number of hydrogen-bond acceptors (Lipinski definition) is 2. The number of carbonyl (C=O) groups is 1. The van der Waals surface area contributed by atoms with E-state index in [1.54, 1.807) is 6.08 Å². The van der Waals surface area contributed by atoms with Gasteiger partial charge in [0.1, 0.15) is 0 Å². The molecule has 0 aromatic heterocycles. The Morgan fingerprint density at radius 3 is 2.86 bits per heavy atom. The van der Waals surface area contributed by atoms with Gasteiger partial charge < -0.3 is 11.1 Å². The Morgan fingerprint density at radius 1 is 1.50 bits per heavy atom. The number of nitrogens with one attached hydrogen (secondary N) is 1. The third kappa shape index (κ3) is 3.50. The van der Waals surface area contributed by atoms with Gasteiger partial charge >= 0.3 is 0 Å². The summed E-state index contributed by atoms with van der Waals surface area (Å²) in [4.78, 5) is 11.4. The van der Waals surface area contributed by atoms with Crippen LogP contribution >= 0.6 is 0 Å². The van der Waals surface area contributed by atoms with Crippen molar-refractivity contribution in [2.75, 3.05) is 0 Å². The molecule has 3 nitrogen and oxygen atoms in total. The second-order valence-corrected chi connectivity index (χ2v) is 3.95. The maximum absolute atomic E-state index is 11.4. The van der Waals surface area contributed by atoms with Gasteiger partial charge in [-0.05, 0) is 19.3 Å². The van der Waals surface area contributed by atoms with Gasteiger partial charge in [-0.2, -0.15) is 0 Å². The monoisotopic (exact) mass is 196 g/mol. The van der Waals surface area contributed by atoms with E-state index in [2.05, 4.69) is 11.9 Å². The van der Waals surface area contributed by atoms with E-state index in [0.717, 1.165) is 19.3 Å². The minimum Gasteiger partial charge on any atom is -0.352 e. The smallest absolute Gasteiger partial charge is 0.220 e. The van der Waals surface area contributed by atoms with E-state index in [0.29, 0.717) is 6.42 Å². The van der Waals surface area contributed by atoms with Gasteiger partial charge in [-0.1, -0.05) is 18.9 Å². The lowest BCUT2D eigenvalue weighted by molar-refractivity contribution is -0.122. The molecule has 0 aromatic rings. The first-order chi connectivity index (χ1) is 6.74. The minimum atomic E-state index is 0.104. The van der Waals surface area contributed by atoms with Crippen molar-refractivity contribution in [2.45, 2.75) is 50.6 Å². The van der Waals surface area contributed by atoms with Crippen molar-refractivity contribution in [3.8, 4) is 0 Å². The summed E-state index contributed by atoms with van der Waals surface area (Å²) >= 11 is 0. The van der Waals surface area contributed by atoms with Gasteiger partial charge in [-0.15, -0.1) is 6.58 Å². The highest BCUT2D eigenvalue weighted by atomic mass is 16.1. The molecule has 3 heteroatoms. The fraction of sp³-hybridized carbons (Fsp3) is 0.727. The number of allylic oxidation sites excluding steroid dienone is 1. The summed E-state index contributed by atoms with van der Waals surface area (Å²) in [7, 11) is 0. The summed E-state index contributed by atoms with van der Waals surface area (Å²) in [6.07, 6.45) is 7.48. The molecule has 3 N–H and O–H groups in total. The third-order valence-electron chi connectivity index (χ3n) is 2.74. The first-order valence-electron chi connectivity index (χ1n) is 5.40. The van der Waals surface area contributed by atoms with Crippen LogP contribution in [0, 0.1) is 0 Å². The fourth-order valence-corrected chi connectivity index (χ4v) is 1.85. The molecule has 0 saturated heterocycles. The molecule has 0 unspecified atom stereocenters. The van der Waals surface area contributed by atoms with E-state index in [1.165, 1.54) is 12.8 Å². The van der Waals surface area contributed by atoms with Crippen LogP contribution < -0.4 is 11.1 Å². The first kappa shape index (κ1) is 11.2. The van der Waals surface area contributed by atoms with Gasteiger partial charge in [-0.25, -0.2) is 0 Å². The molecular weight excluding hydrogens is 176 g/mol. The molecule has 1 fully saturated rings. The molecule has 0 bridgehead atoms. The average molecular weight is 196 g/mol. The minimum absolute atomic E-state index is 0.104. The Hall–Kier alpha value is -0.830. The summed E-state index contributed by atoms with van der Waals surface area (Å²) in [6.45, 7) is 3.59. The van der Waals surface area contributed by atoms with Crippen LogP contribution in [0.25, 0.3) is 0 Å². The summed E-state index contributed by atoms with van der Waals surface area (Å²) < 4.78 is 0. The molecule has 1 aliphatic rings. The Morgan fingerprint density at radius 2 is 2.21 bits per heavy atom. The molecule has 80 valence electrons. The van der Waals surface area contributed by atoms with E-state index >= 15 is 0 Å². The molecule has 0 radical (unpaired) electrons. The van der Waals surface area contributed by atoms with Crippen LogP contribution in [0.5, 0.6) is 0 Å². The maximum atomic E-state index is 11.4. The Labute approximate surface area is 85.7 Å². The summed E-state index contributed by atoms with van der Waals surface area (Å²) in [5.74, 6) is 0.104. The van der Waals surface area contributed by atoms with E-state index in [-0.39, 0.29) is 18.0 Å². The van der Waals surface area contributed by atoms with Crippen LogP contribution in [-0.4, -0.2) is 18.0 Å². The van der Waals surface area contributed by atoms with Crippen molar-refractivity contribution in [3.05, 3.63) is 12.7 Å². The molecule has 14 heavy (non-hydrogen) atoms. The van der Waals surface area contributed by atoms with Crippen LogP contribution in [-0.2, 0) is 4.79 Å². The van der Waals surface area contributed by atoms with Gasteiger partial charge in [0.2, 0.25) is 5.91 Å². The van der Waals surface area contributed by atoms with E-state index in [9.17, 15) is 4.79 Å². The standard InChI is InChI=1S/C11H20N2O/c1-2-3-8-11(14)13-10-7-5-4-6-9(10)12/h2,9-10H,1,3-8,12H2,(H,13,14)/t9-,10-/m1/s1. The number of nitrogens with two attached hydrogens (primary N) is 1. The highest BCUT2D eigenvalue weighted by molar-refractivity contribution is 5.76.